The van der Waals surface area contributed by atoms with Crippen LogP contribution in [0.3, 0.4) is 0 Å². The molecular formula is C23H38O2. The number of carbonyl (C=O) groups excluding carboxylic acids is 1. The first kappa shape index (κ1) is 17.9. The van der Waals surface area contributed by atoms with Gasteiger partial charge in [0.15, 0.2) is 0 Å². The summed E-state index contributed by atoms with van der Waals surface area (Å²) in [5.74, 6) is 5.90. The Kier molecular flexibility index (Phi) is 4.69. The highest BCUT2D eigenvalue weighted by Gasteiger charge is 2.61. The zero-order valence-electron chi connectivity index (χ0n) is 16.8. The molecule has 2 bridgehead atoms. The van der Waals surface area contributed by atoms with Gasteiger partial charge in [0, 0.05) is 0 Å². The summed E-state index contributed by atoms with van der Waals surface area (Å²) in [5, 5.41) is 0. The van der Waals surface area contributed by atoms with Crippen LogP contribution in [-0.2, 0) is 9.53 Å². The van der Waals surface area contributed by atoms with Crippen molar-refractivity contribution in [1.29, 1.82) is 0 Å². The summed E-state index contributed by atoms with van der Waals surface area (Å²) in [6.45, 7) is 9.06. The first-order chi connectivity index (χ1) is 12.0. The monoisotopic (exact) mass is 346 g/mol. The van der Waals surface area contributed by atoms with Crippen LogP contribution in [0.2, 0.25) is 0 Å². The molecule has 7 atom stereocenters. The number of rotatable bonds is 5. The van der Waals surface area contributed by atoms with Gasteiger partial charge in [-0.15, -0.1) is 0 Å². The van der Waals surface area contributed by atoms with Crippen LogP contribution in [0.4, 0.5) is 0 Å². The molecule has 0 heterocycles. The number of carbonyl (C=O) groups is 1. The number of fused-ring (bicyclic) bond motifs is 5. The van der Waals surface area contributed by atoms with Gasteiger partial charge < -0.3 is 4.74 Å². The second-order valence-electron chi connectivity index (χ2n) is 10.2. The lowest BCUT2D eigenvalue weighted by Crippen LogP contribution is -2.41. The zero-order chi connectivity index (χ0) is 17.8. The van der Waals surface area contributed by atoms with E-state index in [1.807, 2.05) is 0 Å². The van der Waals surface area contributed by atoms with Gasteiger partial charge in [0.1, 0.15) is 5.60 Å². The third kappa shape index (κ3) is 2.86. The summed E-state index contributed by atoms with van der Waals surface area (Å²) in [5.41, 5.74) is -0.263. The molecule has 25 heavy (non-hydrogen) atoms. The molecule has 4 aliphatic rings. The van der Waals surface area contributed by atoms with E-state index in [1.165, 1.54) is 51.4 Å². The third-order valence-corrected chi connectivity index (χ3v) is 8.88. The average Bonchev–Trinajstić information content (AvgIpc) is 3.34. The topological polar surface area (TPSA) is 26.3 Å². The molecule has 4 saturated carbocycles. The molecule has 0 aromatic carbocycles. The van der Waals surface area contributed by atoms with Crippen LogP contribution in [0.25, 0.3) is 0 Å². The summed E-state index contributed by atoms with van der Waals surface area (Å²) >= 11 is 0. The maximum Gasteiger partial charge on any atom is 0.309 e. The van der Waals surface area contributed by atoms with Gasteiger partial charge in [0.05, 0.1) is 5.92 Å². The molecule has 0 aromatic heterocycles. The van der Waals surface area contributed by atoms with Crippen molar-refractivity contribution in [3.05, 3.63) is 0 Å². The molecule has 142 valence electrons. The second-order valence-corrected chi connectivity index (χ2v) is 10.2. The normalized spacial score (nSPS) is 43.6. The Labute approximate surface area is 154 Å². The Hall–Kier alpha value is -0.530. The van der Waals surface area contributed by atoms with Gasteiger partial charge in [0.25, 0.3) is 0 Å². The Balaban J connectivity index is 1.45. The molecule has 7 unspecified atom stereocenters. The largest absolute Gasteiger partial charge is 0.459 e. The van der Waals surface area contributed by atoms with Crippen LogP contribution in [0.15, 0.2) is 0 Å². The average molecular weight is 347 g/mol. The van der Waals surface area contributed by atoms with Crippen molar-refractivity contribution in [3.63, 3.8) is 0 Å². The fourth-order valence-corrected chi connectivity index (χ4v) is 7.70. The first-order valence-corrected chi connectivity index (χ1v) is 11.2. The van der Waals surface area contributed by atoms with Gasteiger partial charge >= 0.3 is 5.97 Å². The Morgan fingerprint density at radius 2 is 1.60 bits per heavy atom. The van der Waals surface area contributed by atoms with Crippen molar-refractivity contribution in [2.45, 2.75) is 91.1 Å². The Morgan fingerprint density at radius 1 is 0.960 bits per heavy atom. The molecule has 4 aliphatic carbocycles. The molecule has 0 radical (unpaired) electrons. The summed E-state index contributed by atoms with van der Waals surface area (Å²) in [7, 11) is 0. The lowest BCUT2D eigenvalue weighted by atomic mass is 9.70. The fourth-order valence-electron chi connectivity index (χ4n) is 7.70. The van der Waals surface area contributed by atoms with E-state index in [0.29, 0.717) is 11.8 Å². The SMILES string of the molecule is CCC1CC(CC)C2C3CC(CC3C(=O)OC(C)(C)C3CCCC3)C12. The molecule has 4 rings (SSSR count). The summed E-state index contributed by atoms with van der Waals surface area (Å²) in [4.78, 5) is 13.1. The van der Waals surface area contributed by atoms with E-state index in [2.05, 4.69) is 27.7 Å². The van der Waals surface area contributed by atoms with E-state index in [-0.39, 0.29) is 17.5 Å². The third-order valence-electron chi connectivity index (χ3n) is 8.88. The van der Waals surface area contributed by atoms with Crippen molar-refractivity contribution in [2.24, 2.45) is 47.3 Å². The van der Waals surface area contributed by atoms with E-state index in [4.69, 9.17) is 4.74 Å². The van der Waals surface area contributed by atoms with Gasteiger partial charge in [-0.3, -0.25) is 4.79 Å². The van der Waals surface area contributed by atoms with Crippen molar-refractivity contribution >= 4 is 5.97 Å². The zero-order valence-corrected chi connectivity index (χ0v) is 16.8. The van der Waals surface area contributed by atoms with Crippen LogP contribution in [0.1, 0.15) is 85.5 Å². The number of hydrogen-bond donors (Lipinski definition) is 0. The smallest absolute Gasteiger partial charge is 0.309 e. The molecule has 0 saturated heterocycles. The standard InChI is InChI=1S/C23H38O2/c1-5-14-11-15(6-2)21-18-12-16(20(14)21)13-19(18)22(24)25-23(3,4)17-9-7-8-10-17/h14-21H,5-13H2,1-4H3. The fraction of sp³-hybridized carbons (Fsp3) is 0.957. The molecule has 0 aromatic rings. The quantitative estimate of drug-likeness (QED) is 0.584. The van der Waals surface area contributed by atoms with Gasteiger partial charge in [-0.05, 0) is 87.4 Å². The maximum atomic E-state index is 13.1. The summed E-state index contributed by atoms with van der Waals surface area (Å²) < 4.78 is 6.19. The minimum atomic E-state index is -0.263. The van der Waals surface area contributed by atoms with Gasteiger partial charge in [0.2, 0.25) is 0 Å². The highest BCUT2D eigenvalue weighted by Crippen LogP contribution is 2.65. The molecule has 4 fully saturated rings. The first-order valence-electron chi connectivity index (χ1n) is 11.2. The molecule has 0 aliphatic heterocycles. The van der Waals surface area contributed by atoms with Gasteiger partial charge in [-0.1, -0.05) is 39.5 Å². The predicted octanol–water partition coefficient (Wildman–Crippen LogP) is 5.84. The second kappa shape index (κ2) is 6.57. The number of esters is 1. The van der Waals surface area contributed by atoms with Gasteiger partial charge in [-0.25, -0.2) is 0 Å². The van der Waals surface area contributed by atoms with Crippen molar-refractivity contribution < 1.29 is 9.53 Å². The van der Waals surface area contributed by atoms with E-state index in [0.717, 1.165) is 36.0 Å². The van der Waals surface area contributed by atoms with Crippen LogP contribution in [0, 0.1) is 47.3 Å². The van der Waals surface area contributed by atoms with Crippen LogP contribution in [-0.4, -0.2) is 11.6 Å². The van der Waals surface area contributed by atoms with E-state index < -0.39 is 0 Å². The minimum Gasteiger partial charge on any atom is -0.459 e. The predicted molar refractivity (Wildman–Crippen MR) is 101 cm³/mol. The maximum absolute atomic E-state index is 13.1. The minimum absolute atomic E-state index is 0.151. The summed E-state index contributed by atoms with van der Waals surface area (Å²) in [6.07, 6.45) is 11.6. The lowest BCUT2D eigenvalue weighted by Gasteiger charge is -2.37. The molecule has 0 amide bonds. The Bertz CT molecular complexity index is 504. The van der Waals surface area contributed by atoms with Crippen molar-refractivity contribution in [1.82, 2.24) is 0 Å². The molecule has 2 nitrogen and oxygen atoms in total. The molecule has 0 N–H and O–H groups in total. The van der Waals surface area contributed by atoms with Crippen molar-refractivity contribution in [3.8, 4) is 0 Å². The Morgan fingerprint density at radius 3 is 2.24 bits per heavy atom. The van der Waals surface area contributed by atoms with Crippen LogP contribution < -0.4 is 0 Å². The highest BCUT2D eigenvalue weighted by molar-refractivity contribution is 5.74. The van der Waals surface area contributed by atoms with E-state index in [9.17, 15) is 4.79 Å². The van der Waals surface area contributed by atoms with Gasteiger partial charge in [-0.2, -0.15) is 0 Å². The lowest BCUT2D eigenvalue weighted by molar-refractivity contribution is -0.170. The van der Waals surface area contributed by atoms with Crippen molar-refractivity contribution in [2.75, 3.05) is 0 Å². The van der Waals surface area contributed by atoms with E-state index in [1.54, 1.807) is 0 Å². The highest BCUT2D eigenvalue weighted by atomic mass is 16.6. The summed E-state index contributed by atoms with van der Waals surface area (Å²) in [6, 6.07) is 0. The number of ether oxygens (including phenoxy) is 1. The van der Waals surface area contributed by atoms with Crippen LogP contribution >= 0.6 is 0 Å². The molecule has 2 heteroatoms. The van der Waals surface area contributed by atoms with Crippen LogP contribution in [0.5, 0.6) is 0 Å². The molecule has 0 spiro atoms. The van der Waals surface area contributed by atoms with E-state index >= 15 is 0 Å². The molecular weight excluding hydrogens is 308 g/mol. The number of hydrogen-bond acceptors (Lipinski definition) is 2.